The van der Waals surface area contributed by atoms with Gasteiger partial charge in [-0.3, -0.25) is 4.31 Å². The van der Waals surface area contributed by atoms with Crippen molar-refractivity contribution >= 4 is 15.7 Å². The van der Waals surface area contributed by atoms with E-state index in [1.807, 2.05) is 0 Å². The zero-order valence-corrected chi connectivity index (χ0v) is 13.5. The second-order valence-corrected chi connectivity index (χ2v) is 6.64. The van der Waals surface area contributed by atoms with E-state index in [2.05, 4.69) is 0 Å². The molecule has 0 amide bonds. The van der Waals surface area contributed by atoms with E-state index in [0.29, 0.717) is 11.4 Å². The molecule has 0 spiro atoms. The number of sulfonamides is 1. The van der Waals surface area contributed by atoms with Gasteiger partial charge in [-0.15, -0.1) is 0 Å². The van der Waals surface area contributed by atoms with Gasteiger partial charge in [-0.1, -0.05) is 0 Å². The molecule has 0 radical (unpaired) electrons. The highest BCUT2D eigenvalue weighted by molar-refractivity contribution is 7.92. The molecule has 2 aromatic rings. The van der Waals surface area contributed by atoms with E-state index >= 15 is 0 Å². The summed E-state index contributed by atoms with van der Waals surface area (Å²) in [7, 11) is -2.17. The average molecular weight is 323 g/mol. The quantitative estimate of drug-likeness (QED) is 0.847. The van der Waals surface area contributed by atoms with Crippen LogP contribution >= 0.6 is 0 Å². The number of aryl methyl sites for hydroxylation is 1. The maximum absolute atomic E-state index is 13.0. The molecular formula is C16H18FNO3S. The molecule has 22 heavy (non-hydrogen) atoms. The zero-order chi connectivity index (χ0) is 16.3. The molecule has 2 rings (SSSR count). The van der Waals surface area contributed by atoms with Crippen LogP contribution in [0, 0.1) is 12.7 Å². The molecule has 0 aliphatic rings. The lowest BCUT2D eigenvalue weighted by molar-refractivity contribution is 0.411. The molecule has 0 N–H and O–H groups in total. The summed E-state index contributed by atoms with van der Waals surface area (Å²) < 4.78 is 45.0. The SMILES string of the molecule is CCN(c1ccc(F)cc1)S(=O)(=O)c1ccc(OC)c(C)c1. The van der Waals surface area contributed by atoms with Gasteiger partial charge < -0.3 is 4.74 Å². The maximum atomic E-state index is 13.0. The van der Waals surface area contributed by atoms with E-state index in [1.54, 1.807) is 26.0 Å². The molecule has 0 aliphatic heterocycles. The Labute approximate surface area is 130 Å². The van der Waals surface area contributed by atoms with Gasteiger partial charge in [0.1, 0.15) is 11.6 Å². The minimum absolute atomic E-state index is 0.178. The highest BCUT2D eigenvalue weighted by atomic mass is 32.2. The fourth-order valence-electron chi connectivity index (χ4n) is 2.24. The molecular weight excluding hydrogens is 305 g/mol. The molecule has 0 atom stereocenters. The van der Waals surface area contributed by atoms with Crippen LogP contribution in [0.5, 0.6) is 5.75 Å². The van der Waals surface area contributed by atoms with Crippen LogP contribution in [0.4, 0.5) is 10.1 Å². The summed E-state index contributed by atoms with van der Waals surface area (Å²) >= 11 is 0. The normalized spacial score (nSPS) is 11.3. The Balaban J connectivity index is 2.47. The molecule has 0 aliphatic carbocycles. The maximum Gasteiger partial charge on any atom is 0.264 e. The topological polar surface area (TPSA) is 46.6 Å². The number of hydrogen-bond acceptors (Lipinski definition) is 3. The molecule has 6 heteroatoms. The number of halogens is 1. The Morgan fingerprint density at radius 3 is 2.27 bits per heavy atom. The lowest BCUT2D eigenvalue weighted by Gasteiger charge is -2.23. The van der Waals surface area contributed by atoms with Crippen LogP contribution in [0.2, 0.25) is 0 Å². The predicted molar refractivity (Wildman–Crippen MR) is 84.3 cm³/mol. The Morgan fingerprint density at radius 1 is 1.14 bits per heavy atom. The van der Waals surface area contributed by atoms with Crippen LogP contribution in [0.25, 0.3) is 0 Å². The standard InChI is InChI=1S/C16H18FNO3S/c1-4-18(14-7-5-13(17)6-8-14)22(19,20)15-9-10-16(21-3)12(2)11-15/h5-11H,4H2,1-3H3. The van der Waals surface area contributed by atoms with Crippen LogP contribution in [-0.2, 0) is 10.0 Å². The lowest BCUT2D eigenvalue weighted by Crippen LogP contribution is -2.30. The van der Waals surface area contributed by atoms with Crippen molar-refractivity contribution < 1.29 is 17.5 Å². The summed E-state index contributed by atoms with van der Waals surface area (Å²) in [5.41, 5.74) is 1.16. The van der Waals surface area contributed by atoms with Crippen molar-refractivity contribution in [3.05, 3.63) is 53.8 Å². The minimum atomic E-state index is -3.71. The summed E-state index contributed by atoms with van der Waals surface area (Å²) in [6.07, 6.45) is 0. The van der Waals surface area contributed by atoms with Gasteiger partial charge in [0.05, 0.1) is 17.7 Å². The second kappa shape index (κ2) is 6.36. The van der Waals surface area contributed by atoms with Crippen molar-refractivity contribution in [1.82, 2.24) is 0 Å². The number of anilines is 1. The summed E-state index contributed by atoms with van der Waals surface area (Å²) in [4.78, 5) is 0.178. The van der Waals surface area contributed by atoms with E-state index in [1.165, 1.54) is 41.7 Å². The first kappa shape index (κ1) is 16.3. The molecule has 4 nitrogen and oxygen atoms in total. The molecule has 0 heterocycles. The fraction of sp³-hybridized carbons (Fsp3) is 0.250. The van der Waals surface area contributed by atoms with Crippen LogP contribution in [0.3, 0.4) is 0 Å². The first-order valence-electron chi connectivity index (χ1n) is 6.83. The summed E-state index contributed by atoms with van der Waals surface area (Å²) in [6.45, 7) is 3.77. The van der Waals surface area contributed by atoms with Crippen molar-refractivity contribution in [1.29, 1.82) is 0 Å². The van der Waals surface area contributed by atoms with Gasteiger partial charge in [0.15, 0.2) is 0 Å². The van der Waals surface area contributed by atoms with Gasteiger partial charge in [-0.2, -0.15) is 0 Å². The predicted octanol–water partition coefficient (Wildman–Crippen LogP) is 3.36. The molecule has 0 unspecified atom stereocenters. The zero-order valence-electron chi connectivity index (χ0n) is 12.7. The Morgan fingerprint density at radius 2 is 1.77 bits per heavy atom. The van der Waals surface area contributed by atoms with Gasteiger partial charge in [-0.05, 0) is 61.9 Å². The van der Waals surface area contributed by atoms with Gasteiger partial charge >= 0.3 is 0 Å². The van der Waals surface area contributed by atoms with Crippen molar-refractivity contribution in [2.24, 2.45) is 0 Å². The molecule has 2 aromatic carbocycles. The molecule has 0 saturated carbocycles. The van der Waals surface area contributed by atoms with E-state index < -0.39 is 15.8 Å². The number of nitrogens with zero attached hydrogens (tertiary/aromatic N) is 1. The van der Waals surface area contributed by atoms with Crippen molar-refractivity contribution in [3.8, 4) is 5.75 Å². The molecule has 0 saturated heterocycles. The highest BCUT2D eigenvalue weighted by Crippen LogP contribution is 2.27. The summed E-state index contributed by atoms with van der Waals surface area (Å²) in [6, 6.07) is 10.1. The van der Waals surface area contributed by atoms with Crippen molar-refractivity contribution in [2.75, 3.05) is 18.0 Å². The van der Waals surface area contributed by atoms with Crippen LogP contribution in [-0.4, -0.2) is 22.1 Å². The first-order chi connectivity index (χ1) is 10.4. The van der Waals surface area contributed by atoms with E-state index in [4.69, 9.17) is 4.74 Å². The third kappa shape index (κ3) is 3.06. The fourth-order valence-corrected chi connectivity index (χ4v) is 3.80. The van der Waals surface area contributed by atoms with Gasteiger partial charge in [-0.25, -0.2) is 12.8 Å². The number of methoxy groups -OCH3 is 1. The Hall–Kier alpha value is -2.08. The van der Waals surface area contributed by atoms with Crippen molar-refractivity contribution in [3.63, 3.8) is 0 Å². The third-order valence-electron chi connectivity index (χ3n) is 3.36. The summed E-state index contributed by atoms with van der Waals surface area (Å²) in [5.74, 6) is 0.223. The first-order valence-corrected chi connectivity index (χ1v) is 8.27. The summed E-state index contributed by atoms with van der Waals surface area (Å²) in [5, 5.41) is 0. The number of ether oxygens (including phenoxy) is 1. The molecule has 0 bridgehead atoms. The van der Waals surface area contributed by atoms with Gasteiger partial charge in [0.2, 0.25) is 0 Å². The second-order valence-electron chi connectivity index (χ2n) is 4.78. The lowest BCUT2D eigenvalue weighted by atomic mass is 10.2. The van der Waals surface area contributed by atoms with Crippen LogP contribution in [0.15, 0.2) is 47.4 Å². The monoisotopic (exact) mass is 323 g/mol. The molecule has 0 fully saturated rings. The van der Waals surface area contributed by atoms with E-state index in [0.717, 1.165) is 5.56 Å². The van der Waals surface area contributed by atoms with E-state index in [9.17, 15) is 12.8 Å². The van der Waals surface area contributed by atoms with Gasteiger partial charge in [0.25, 0.3) is 10.0 Å². The molecule has 118 valence electrons. The van der Waals surface area contributed by atoms with E-state index in [-0.39, 0.29) is 11.4 Å². The molecule has 0 aromatic heterocycles. The number of hydrogen-bond donors (Lipinski definition) is 0. The minimum Gasteiger partial charge on any atom is -0.496 e. The number of benzene rings is 2. The Bertz CT molecular complexity index is 757. The largest absolute Gasteiger partial charge is 0.496 e. The van der Waals surface area contributed by atoms with Gasteiger partial charge in [0, 0.05) is 6.54 Å². The smallest absolute Gasteiger partial charge is 0.264 e. The highest BCUT2D eigenvalue weighted by Gasteiger charge is 2.24. The third-order valence-corrected chi connectivity index (χ3v) is 5.26. The Kier molecular flexibility index (Phi) is 4.71. The van der Waals surface area contributed by atoms with Crippen molar-refractivity contribution in [2.45, 2.75) is 18.7 Å². The number of rotatable bonds is 5. The van der Waals surface area contributed by atoms with Crippen LogP contribution < -0.4 is 9.04 Å². The van der Waals surface area contributed by atoms with Crippen LogP contribution in [0.1, 0.15) is 12.5 Å². The average Bonchev–Trinajstić information content (AvgIpc) is 2.49.